The van der Waals surface area contributed by atoms with Crippen LogP contribution in [0.3, 0.4) is 0 Å². The maximum Gasteiger partial charge on any atom is 0.256 e. The number of carbonyl (C=O) groups is 1. The number of likely N-dealkylation sites (tertiary alicyclic amines) is 1. The number of fused-ring (bicyclic) bond motifs is 1. The van der Waals surface area contributed by atoms with Gasteiger partial charge < -0.3 is 14.2 Å². The van der Waals surface area contributed by atoms with Crippen molar-refractivity contribution in [2.24, 2.45) is 0 Å². The first kappa shape index (κ1) is 21.2. The highest BCUT2D eigenvalue weighted by Crippen LogP contribution is 2.36. The van der Waals surface area contributed by atoms with E-state index in [0.29, 0.717) is 5.56 Å². The van der Waals surface area contributed by atoms with Gasteiger partial charge in [0.15, 0.2) is 0 Å². The molecule has 0 bridgehead atoms. The van der Waals surface area contributed by atoms with Crippen molar-refractivity contribution in [3.63, 3.8) is 0 Å². The number of methoxy groups -OCH3 is 1. The molecule has 1 saturated heterocycles. The monoisotopic (exact) mass is 462 g/mol. The number of hydrogen-bond acceptors (Lipinski definition) is 3. The maximum atomic E-state index is 14.0. The number of amides is 1. The lowest BCUT2D eigenvalue weighted by Crippen LogP contribution is -2.30. The van der Waals surface area contributed by atoms with E-state index in [0.717, 1.165) is 52.9 Å². The molecule has 0 saturated carbocycles. The molecule has 1 aliphatic rings. The number of aromatic amines is 1. The minimum atomic E-state index is 0.0686. The quantitative estimate of drug-likeness (QED) is 0.348. The highest BCUT2D eigenvalue weighted by Gasteiger charge is 2.32. The smallest absolute Gasteiger partial charge is 0.256 e. The molecule has 1 amide bonds. The summed E-state index contributed by atoms with van der Waals surface area (Å²) in [6, 6.07) is 24.6. The Balaban J connectivity index is 1.49. The third kappa shape index (κ3) is 3.77. The van der Waals surface area contributed by atoms with Crippen LogP contribution in [-0.4, -0.2) is 39.2 Å². The maximum absolute atomic E-state index is 14.0. The molecular formula is C29H26N4O2. The first-order valence-electron chi connectivity index (χ1n) is 11.9. The molecule has 0 aliphatic carbocycles. The molecule has 1 atom stereocenters. The van der Waals surface area contributed by atoms with Gasteiger partial charge in [0.25, 0.3) is 5.91 Å². The summed E-state index contributed by atoms with van der Waals surface area (Å²) in [5.41, 5.74) is 5.86. The fourth-order valence-electron chi connectivity index (χ4n) is 5.15. The Morgan fingerprint density at radius 2 is 1.91 bits per heavy atom. The first-order valence-corrected chi connectivity index (χ1v) is 11.9. The van der Waals surface area contributed by atoms with Crippen molar-refractivity contribution >= 4 is 16.8 Å². The predicted octanol–water partition coefficient (Wildman–Crippen LogP) is 6.01. The van der Waals surface area contributed by atoms with Gasteiger partial charge in [-0.25, -0.2) is 0 Å². The molecule has 174 valence electrons. The number of aromatic nitrogens is 3. The Morgan fingerprint density at radius 1 is 1.03 bits per heavy atom. The Labute approximate surface area is 203 Å². The van der Waals surface area contributed by atoms with E-state index in [1.54, 1.807) is 13.3 Å². The normalized spacial score (nSPS) is 15.6. The second-order valence-corrected chi connectivity index (χ2v) is 8.90. The van der Waals surface area contributed by atoms with Crippen LogP contribution < -0.4 is 4.74 Å². The van der Waals surface area contributed by atoms with Gasteiger partial charge in [-0.1, -0.05) is 48.5 Å². The van der Waals surface area contributed by atoms with Crippen LogP contribution >= 0.6 is 0 Å². The second-order valence-electron chi connectivity index (χ2n) is 8.90. The number of hydrogen-bond donors (Lipinski definition) is 1. The molecule has 6 rings (SSSR count). The summed E-state index contributed by atoms with van der Waals surface area (Å²) in [6.07, 6.45) is 7.64. The zero-order chi connectivity index (χ0) is 23.8. The number of nitrogens with zero attached hydrogens (tertiary/aromatic N) is 3. The third-order valence-electron chi connectivity index (χ3n) is 6.90. The largest absolute Gasteiger partial charge is 0.497 e. The van der Waals surface area contributed by atoms with Crippen molar-refractivity contribution in [3.8, 4) is 22.6 Å². The Morgan fingerprint density at radius 3 is 2.71 bits per heavy atom. The van der Waals surface area contributed by atoms with Gasteiger partial charge in [-0.3, -0.25) is 9.89 Å². The molecule has 35 heavy (non-hydrogen) atoms. The van der Waals surface area contributed by atoms with Gasteiger partial charge in [-0.2, -0.15) is 5.10 Å². The molecule has 3 aromatic carbocycles. The van der Waals surface area contributed by atoms with Crippen LogP contribution in [0.15, 0.2) is 91.4 Å². The van der Waals surface area contributed by atoms with Gasteiger partial charge in [0.1, 0.15) is 5.75 Å². The molecule has 1 N–H and O–H groups in total. The van der Waals surface area contributed by atoms with Crippen molar-refractivity contribution < 1.29 is 9.53 Å². The molecule has 0 radical (unpaired) electrons. The minimum absolute atomic E-state index is 0.0686. The highest BCUT2D eigenvalue weighted by molar-refractivity contribution is 6.08. The van der Waals surface area contributed by atoms with Crippen LogP contribution in [0.1, 0.15) is 34.8 Å². The topological polar surface area (TPSA) is 63.1 Å². The van der Waals surface area contributed by atoms with E-state index in [2.05, 4.69) is 45.1 Å². The standard InChI is InChI=1S/C29H26N4O2/c1-35-24-10-5-9-23(16-24)33-19-26(25-13-12-21(15-28(25)33)22-17-30-31-18-22)29(34)32-14-6-11-27(32)20-7-3-2-4-8-20/h2-5,7-10,12-13,15-19,27H,6,11,14H2,1H3,(H,30,31). The summed E-state index contributed by atoms with van der Waals surface area (Å²) >= 11 is 0. The third-order valence-corrected chi connectivity index (χ3v) is 6.90. The molecule has 6 nitrogen and oxygen atoms in total. The summed E-state index contributed by atoms with van der Waals surface area (Å²) in [7, 11) is 1.66. The van der Waals surface area contributed by atoms with Crippen LogP contribution in [0.2, 0.25) is 0 Å². The zero-order valence-electron chi connectivity index (χ0n) is 19.5. The molecule has 1 aliphatic heterocycles. The number of H-pyrrole nitrogens is 1. The van der Waals surface area contributed by atoms with Gasteiger partial charge in [-0.05, 0) is 42.2 Å². The first-order chi connectivity index (χ1) is 17.2. The van der Waals surface area contributed by atoms with Gasteiger partial charge in [-0.15, -0.1) is 0 Å². The summed E-state index contributed by atoms with van der Waals surface area (Å²) < 4.78 is 7.55. The Kier molecular flexibility index (Phi) is 5.34. The lowest BCUT2D eigenvalue weighted by molar-refractivity contribution is 0.0737. The van der Waals surface area contributed by atoms with Gasteiger partial charge in [0.05, 0.1) is 30.4 Å². The van der Waals surface area contributed by atoms with E-state index in [9.17, 15) is 4.79 Å². The Bertz CT molecular complexity index is 1490. The van der Waals surface area contributed by atoms with Crippen molar-refractivity contribution in [1.29, 1.82) is 0 Å². The SMILES string of the molecule is COc1cccc(-n2cc(C(=O)N3CCCC3c3ccccc3)c3ccc(-c4cn[nH]c4)cc32)c1. The van der Waals surface area contributed by atoms with Crippen LogP contribution in [-0.2, 0) is 0 Å². The van der Waals surface area contributed by atoms with E-state index >= 15 is 0 Å². The number of benzene rings is 3. The van der Waals surface area contributed by atoms with Gasteiger partial charge in [0, 0.05) is 41.6 Å². The molecule has 2 aromatic heterocycles. The molecule has 5 aromatic rings. The fourth-order valence-corrected chi connectivity index (χ4v) is 5.15. The molecule has 1 fully saturated rings. The van der Waals surface area contributed by atoms with Crippen LogP contribution in [0.4, 0.5) is 0 Å². The summed E-state index contributed by atoms with van der Waals surface area (Å²) in [5.74, 6) is 0.839. The summed E-state index contributed by atoms with van der Waals surface area (Å²) in [5, 5.41) is 7.91. The van der Waals surface area contributed by atoms with Crippen LogP contribution in [0.5, 0.6) is 5.75 Å². The van der Waals surface area contributed by atoms with Crippen molar-refractivity contribution in [2.75, 3.05) is 13.7 Å². The van der Waals surface area contributed by atoms with Crippen LogP contribution in [0.25, 0.3) is 27.7 Å². The number of ether oxygens (including phenoxy) is 1. The number of rotatable bonds is 5. The van der Waals surface area contributed by atoms with E-state index in [1.807, 2.05) is 59.8 Å². The molecule has 0 spiro atoms. The van der Waals surface area contributed by atoms with E-state index in [4.69, 9.17) is 4.74 Å². The fraction of sp³-hybridized carbons (Fsp3) is 0.172. The van der Waals surface area contributed by atoms with Gasteiger partial charge in [0.2, 0.25) is 0 Å². The molecule has 1 unspecified atom stereocenters. The highest BCUT2D eigenvalue weighted by atomic mass is 16.5. The Hall–Kier alpha value is -4.32. The lowest BCUT2D eigenvalue weighted by Gasteiger charge is -2.25. The lowest BCUT2D eigenvalue weighted by atomic mass is 10.0. The molecule has 3 heterocycles. The van der Waals surface area contributed by atoms with Crippen molar-refractivity contribution in [2.45, 2.75) is 18.9 Å². The average Bonchev–Trinajstić information content (AvgIpc) is 3.68. The van der Waals surface area contributed by atoms with Crippen molar-refractivity contribution in [1.82, 2.24) is 19.7 Å². The van der Waals surface area contributed by atoms with E-state index in [-0.39, 0.29) is 11.9 Å². The molecule has 6 heteroatoms. The summed E-state index contributed by atoms with van der Waals surface area (Å²) in [6.45, 7) is 0.761. The zero-order valence-corrected chi connectivity index (χ0v) is 19.5. The average molecular weight is 463 g/mol. The summed E-state index contributed by atoms with van der Waals surface area (Å²) in [4.78, 5) is 16.0. The van der Waals surface area contributed by atoms with E-state index in [1.165, 1.54) is 5.56 Å². The van der Waals surface area contributed by atoms with Crippen molar-refractivity contribution in [3.05, 3.63) is 103 Å². The molecular weight excluding hydrogens is 436 g/mol. The second kappa shape index (κ2) is 8.80. The number of nitrogens with one attached hydrogen (secondary N) is 1. The predicted molar refractivity (Wildman–Crippen MR) is 137 cm³/mol. The van der Waals surface area contributed by atoms with E-state index < -0.39 is 0 Å². The number of carbonyl (C=O) groups excluding carboxylic acids is 1. The van der Waals surface area contributed by atoms with Gasteiger partial charge >= 0.3 is 0 Å². The minimum Gasteiger partial charge on any atom is -0.497 e. The van der Waals surface area contributed by atoms with Crippen LogP contribution in [0, 0.1) is 0 Å².